The van der Waals surface area contributed by atoms with Crippen molar-refractivity contribution in [2.24, 2.45) is 11.3 Å². The molecule has 7 nitrogen and oxygen atoms in total. The number of nitrogens with one attached hydrogen (secondary N) is 1. The van der Waals surface area contributed by atoms with E-state index in [0.717, 1.165) is 12.8 Å². The summed E-state index contributed by atoms with van der Waals surface area (Å²) in [6.45, 7) is 1.39. The van der Waals surface area contributed by atoms with Gasteiger partial charge in [-0.2, -0.15) is 0 Å². The molecule has 1 saturated carbocycles. The number of carboxylic acid groups (broad SMARTS) is 1. The molecular weight excluding hydrogens is 360 g/mol. The van der Waals surface area contributed by atoms with E-state index in [0.29, 0.717) is 42.6 Å². The zero-order chi connectivity index (χ0) is 18.7. The van der Waals surface area contributed by atoms with Gasteiger partial charge < -0.3 is 24.8 Å². The summed E-state index contributed by atoms with van der Waals surface area (Å²) >= 11 is 6.18. The summed E-state index contributed by atoms with van der Waals surface area (Å²) in [5, 5.41) is 12.9. The lowest BCUT2D eigenvalue weighted by molar-refractivity contribution is -0.149. The molecule has 0 aromatic heterocycles. The van der Waals surface area contributed by atoms with E-state index in [9.17, 15) is 14.7 Å². The first-order valence-corrected chi connectivity index (χ1v) is 9.05. The van der Waals surface area contributed by atoms with Crippen LogP contribution in [-0.4, -0.2) is 55.4 Å². The lowest BCUT2D eigenvalue weighted by Crippen LogP contribution is -2.38. The van der Waals surface area contributed by atoms with Gasteiger partial charge in [0.25, 0.3) is 0 Å². The maximum absolute atomic E-state index is 12.7. The first kappa shape index (κ1) is 18.8. The fourth-order valence-electron chi connectivity index (χ4n) is 3.97. The predicted octanol–water partition coefficient (Wildman–Crippen LogP) is 3.08. The maximum atomic E-state index is 12.7. The van der Waals surface area contributed by atoms with E-state index in [1.807, 2.05) is 0 Å². The van der Waals surface area contributed by atoms with E-state index in [4.69, 9.17) is 21.1 Å². The molecule has 142 valence electrons. The lowest BCUT2D eigenvalue weighted by atomic mass is 9.81. The van der Waals surface area contributed by atoms with Crippen molar-refractivity contribution in [3.63, 3.8) is 0 Å². The van der Waals surface area contributed by atoms with Gasteiger partial charge in [0.15, 0.2) is 5.75 Å². The van der Waals surface area contributed by atoms with Crippen molar-refractivity contribution in [2.45, 2.75) is 19.3 Å². The first-order chi connectivity index (χ1) is 12.5. The number of methoxy groups -OCH3 is 1. The average molecular weight is 383 g/mol. The Morgan fingerprint density at radius 3 is 2.92 bits per heavy atom. The number of ether oxygens (including phenoxy) is 2. The van der Waals surface area contributed by atoms with Gasteiger partial charge in [-0.15, -0.1) is 0 Å². The molecule has 1 aromatic rings. The fraction of sp³-hybridized carbons (Fsp3) is 0.556. The monoisotopic (exact) mass is 382 g/mol. The number of carboxylic acids is 1. The molecule has 1 saturated heterocycles. The molecule has 0 spiro atoms. The van der Waals surface area contributed by atoms with Crippen LogP contribution in [0.1, 0.15) is 19.3 Å². The van der Waals surface area contributed by atoms with Crippen molar-refractivity contribution >= 4 is 29.3 Å². The van der Waals surface area contributed by atoms with Crippen LogP contribution in [0, 0.1) is 11.3 Å². The number of halogens is 1. The van der Waals surface area contributed by atoms with Crippen LogP contribution in [-0.2, 0) is 9.53 Å². The van der Waals surface area contributed by atoms with Gasteiger partial charge >= 0.3 is 12.0 Å². The van der Waals surface area contributed by atoms with Crippen LogP contribution < -0.4 is 10.1 Å². The number of hydrogen-bond donors (Lipinski definition) is 2. The molecule has 1 aliphatic carbocycles. The normalized spacial score (nSPS) is 24.4. The summed E-state index contributed by atoms with van der Waals surface area (Å²) in [7, 11) is 1.57. The summed E-state index contributed by atoms with van der Waals surface area (Å²) in [6.07, 6.45) is 2.37. The third kappa shape index (κ3) is 3.46. The van der Waals surface area contributed by atoms with Crippen molar-refractivity contribution in [1.29, 1.82) is 0 Å². The van der Waals surface area contributed by atoms with Gasteiger partial charge in [-0.1, -0.05) is 24.1 Å². The molecule has 1 aromatic carbocycles. The molecule has 3 rings (SSSR count). The van der Waals surface area contributed by atoms with Crippen molar-refractivity contribution in [3.05, 3.63) is 23.2 Å². The Labute approximate surface area is 157 Å². The Morgan fingerprint density at radius 2 is 2.23 bits per heavy atom. The van der Waals surface area contributed by atoms with Crippen LogP contribution >= 0.6 is 11.6 Å². The van der Waals surface area contributed by atoms with E-state index < -0.39 is 11.4 Å². The highest BCUT2D eigenvalue weighted by molar-refractivity contribution is 6.32. The molecule has 2 fully saturated rings. The molecule has 2 amide bonds. The number of nitrogens with zero attached hydrogens (tertiary/aromatic N) is 1. The summed E-state index contributed by atoms with van der Waals surface area (Å²) < 4.78 is 10.6. The van der Waals surface area contributed by atoms with Crippen LogP contribution in [0.5, 0.6) is 5.75 Å². The molecule has 1 aliphatic heterocycles. The summed E-state index contributed by atoms with van der Waals surface area (Å²) in [5.74, 6) is -0.406. The SMILES string of the molecule is COCCOc1c(Cl)cccc1NC(=O)N1C[C@@H]2CCC[C@@]2(C(=O)O)C1. The molecule has 1 heterocycles. The highest BCUT2D eigenvalue weighted by Crippen LogP contribution is 2.49. The Balaban J connectivity index is 1.71. The quantitative estimate of drug-likeness (QED) is 0.738. The van der Waals surface area contributed by atoms with Gasteiger partial charge in [0.1, 0.15) is 6.61 Å². The second kappa shape index (κ2) is 7.72. The largest absolute Gasteiger partial charge is 0.487 e. The second-order valence-corrected chi connectivity index (χ2v) is 7.23. The third-order valence-corrected chi connectivity index (χ3v) is 5.62. The van der Waals surface area contributed by atoms with E-state index in [2.05, 4.69) is 5.32 Å². The molecule has 2 aliphatic rings. The zero-order valence-electron chi connectivity index (χ0n) is 14.7. The van der Waals surface area contributed by atoms with Gasteiger partial charge in [0.2, 0.25) is 0 Å². The number of aliphatic carboxylic acids is 1. The van der Waals surface area contributed by atoms with E-state index in [-0.39, 0.29) is 18.5 Å². The first-order valence-electron chi connectivity index (χ1n) is 8.67. The molecule has 2 atom stereocenters. The number of fused-ring (bicyclic) bond motifs is 1. The Hall–Kier alpha value is -1.99. The van der Waals surface area contributed by atoms with E-state index in [1.54, 1.807) is 30.2 Å². The van der Waals surface area contributed by atoms with Crippen molar-refractivity contribution < 1.29 is 24.2 Å². The number of hydrogen-bond acceptors (Lipinski definition) is 4. The molecule has 26 heavy (non-hydrogen) atoms. The van der Waals surface area contributed by atoms with Crippen LogP contribution in [0.15, 0.2) is 18.2 Å². The predicted molar refractivity (Wildman–Crippen MR) is 96.8 cm³/mol. The minimum absolute atomic E-state index is 0.0162. The van der Waals surface area contributed by atoms with Crippen LogP contribution in [0.25, 0.3) is 0 Å². The van der Waals surface area contributed by atoms with Crippen molar-refractivity contribution in [3.8, 4) is 5.75 Å². The van der Waals surface area contributed by atoms with E-state index in [1.165, 1.54) is 0 Å². The highest BCUT2D eigenvalue weighted by atomic mass is 35.5. The molecule has 0 radical (unpaired) electrons. The summed E-state index contributed by atoms with van der Waals surface area (Å²) in [5.41, 5.74) is -0.344. The number of anilines is 1. The van der Waals surface area contributed by atoms with Crippen LogP contribution in [0.4, 0.5) is 10.5 Å². The molecule has 0 bridgehead atoms. The number of carbonyl (C=O) groups excluding carboxylic acids is 1. The van der Waals surface area contributed by atoms with Crippen LogP contribution in [0.2, 0.25) is 5.02 Å². The van der Waals surface area contributed by atoms with Gasteiger partial charge in [-0.3, -0.25) is 4.79 Å². The highest BCUT2D eigenvalue weighted by Gasteiger charge is 2.55. The average Bonchev–Trinajstić information content (AvgIpc) is 3.16. The Bertz CT molecular complexity index is 698. The summed E-state index contributed by atoms with van der Waals surface area (Å²) in [4.78, 5) is 26.1. The second-order valence-electron chi connectivity index (χ2n) is 6.82. The lowest BCUT2D eigenvalue weighted by Gasteiger charge is -2.23. The molecule has 2 N–H and O–H groups in total. The van der Waals surface area contributed by atoms with Crippen molar-refractivity contribution in [1.82, 2.24) is 4.90 Å². The number of para-hydroxylation sites is 1. The number of urea groups is 1. The molecular formula is C18H23ClN2O5. The van der Waals surface area contributed by atoms with Crippen molar-refractivity contribution in [2.75, 3.05) is 38.7 Å². The Morgan fingerprint density at radius 1 is 1.42 bits per heavy atom. The molecule has 8 heteroatoms. The third-order valence-electron chi connectivity index (χ3n) is 5.33. The molecule has 0 unspecified atom stereocenters. The Kier molecular flexibility index (Phi) is 5.58. The maximum Gasteiger partial charge on any atom is 0.321 e. The van der Waals surface area contributed by atoms with Crippen LogP contribution in [0.3, 0.4) is 0 Å². The van der Waals surface area contributed by atoms with E-state index >= 15 is 0 Å². The van der Waals surface area contributed by atoms with Gasteiger partial charge in [0, 0.05) is 20.2 Å². The van der Waals surface area contributed by atoms with Gasteiger partial charge in [-0.05, 0) is 30.9 Å². The smallest absolute Gasteiger partial charge is 0.321 e. The number of amides is 2. The topological polar surface area (TPSA) is 88.1 Å². The fourth-order valence-corrected chi connectivity index (χ4v) is 4.20. The number of likely N-dealkylation sites (tertiary alicyclic amines) is 1. The van der Waals surface area contributed by atoms with Gasteiger partial charge in [-0.25, -0.2) is 4.79 Å². The number of rotatable bonds is 6. The number of carbonyl (C=O) groups is 2. The summed E-state index contributed by atoms with van der Waals surface area (Å²) in [6, 6.07) is 4.77. The minimum Gasteiger partial charge on any atom is -0.487 e. The zero-order valence-corrected chi connectivity index (χ0v) is 15.4. The minimum atomic E-state index is -0.804. The van der Waals surface area contributed by atoms with Gasteiger partial charge in [0.05, 0.1) is 22.7 Å². The standard InChI is InChI=1S/C18H23ClN2O5/c1-25-8-9-26-15-13(19)5-2-6-14(15)20-17(24)21-10-12-4-3-7-18(12,11-21)16(22)23/h2,5-6,12H,3-4,7-11H2,1H3,(H,20,24)(H,22,23)/t12-,18+/m0/s1. The number of benzene rings is 1.